The molecule has 2 aliphatic rings. The number of nitrogens with one attached hydrogen (secondary N) is 3. The number of amides is 2. The van der Waals surface area contributed by atoms with Crippen molar-refractivity contribution in [3.63, 3.8) is 0 Å². The lowest BCUT2D eigenvalue weighted by molar-refractivity contribution is -0.137. The SMILES string of the molecule is Nc1ncc2n3c(nc(-c4ccc(C(=O)Nc5cc(C(F)(F)F)ccn5)cc4)c13)[C@@H]1CC[C@H](C1)NC(=O)CNCCC=C2. The molecule has 222 valence electrons. The van der Waals surface area contributed by atoms with Crippen molar-refractivity contribution in [1.82, 2.24) is 30.0 Å². The van der Waals surface area contributed by atoms with Crippen molar-refractivity contribution in [2.24, 2.45) is 0 Å². The first-order chi connectivity index (χ1) is 20.7. The maximum absolute atomic E-state index is 13.1. The zero-order valence-electron chi connectivity index (χ0n) is 23.0. The fourth-order valence-corrected chi connectivity index (χ4v) is 5.64. The number of carbonyl (C=O) groups excluding carboxylic acids is 2. The van der Waals surface area contributed by atoms with Crippen LogP contribution in [0.2, 0.25) is 0 Å². The number of aromatic nitrogens is 4. The van der Waals surface area contributed by atoms with Crippen LogP contribution in [0, 0.1) is 0 Å². The summed E-state index contributed by atoms with van der Waals surface area (Å²) in [5, 5.41) is 8.71. The highest BCUT2D eigenvalue weighted by Crippen LogP contribution is 2.39. The molecule has 5 N–H and O–H groups in total. The van der Waals surface area contributed by atoms with Crippen LogP contribution in [-0.4, -0.2) is 50.3 Å². The lowest BCUT2D eigenvalue weighted by atomic mass is 10.1. The summed E-state index contributed by atoms with van der Waals surface area (Å²) in [5.41, 5.74) is 8.50. The van der Waals surface area contributed by atoms with Crippen LogP contribution in [0.15, 0.2) is 54.9 Å². The number of nitrogens with two attached hydrogens (primary N) is 1. The maximum atomic E-state index is 13.1. The van der Waals surface area contributed by atoms with Gasteiger partial charge in [-0.2, -0.15) is 13.2 Å². The van der Waals surface area contributed by atoms with E-state index in [9.17, 15) is 22.8 Å². The molecule has 2 atom stereocenters. The number of fused-ring (bicyclic) bond motifs is 3. The number of pyridine rings is 1. The fourth-order valence-electron chi connectivity index (χ4n) is 5.64. The van der Waals surface area contributed by atoms with Crippen molar-refractivity contribution in [3.8, 4) is 11.3 Å². The van der Waals surface area contributed by atoms with Gasteiger partial charge in [-0.3, -0.25) is 14.0 Å². The molecule has 1 aliphatic carbocycles. The summed E-state index contributed by atoms with van der Waals surface area (Å²) in [6, 6.07) is 8.24. The van der Waals surface area contributed by atoms with Crippen LogP contribution in [-0.2, 0) is 11.0 Å². The maximum Gasteiger partial charge on any atom is 0.416 e. The Morgan fingerprint density at radius 2 is 1.93 bits per heavy atom. The number of nitrogens with zero attached hydrogens (tertiary/aromatic N) is 4. The van der Waals surface area contributed by atoms with Crippen LogP contribution in [0.4, 0.5) is 24.8 Å². The Bertz CT molecular complexity index is 1720. The zero-order valence-corrected chi connectivity index (χ0v) is 23.0. The van der Waals surface area contributed by atoms with Gasteiger partial charge in [0.1, 0.15) is 28.7 Å². The Balaban J connectivity index is 1.34. The smallest absolute Gasteiger partial charge is 0.382 e. The van der Waals surface area contributed by atoms with Gasteiger partial charge in [0.25, 0.3) is 5.91 Å². The van der Waals surface area contributed by atoms with E-state index in [1.807, 2.05) is 16.6 Å². The molecule has 4 heterocycles. The molecule has 1 aliphatic heterocycles. The number of hydrogen-bond acceptors (Lipinski definition) is 7. The Morgan fingerprint density at radius 3 is 2.72 bits per heavy atom. The normalized spacial score (nSPS) is 19.2. The predicted molar refractivity (Wildman–Crippen MR) is 155 cm³/mol. The molecule has 6 rings (SSSR count). The predicted octanol–water partition coefficient (Wildman–Crippen LogP) is 4.40. The summed E-state index contributed by atoms with van der Waals surface area (Å²) in [4.78, 5) is 38.5. The molecule has 2 amide bonds. The Labute approximate surface area is 244 Å². The molecule has 13 heteroatoms. The molecule has 10 nitrogen and oxygen atoms in total. The molecule has 0 radical (unpaired) electrons. The lowest BCUT2D eigenvalue weighted by Crippen LogP contribution is -2.39. The summed E-state index contributed by atoms with van der Waals surface area (Å²) in [5.74, 6) is 0.361. The van der Waals surface area contributed by atoms with Gasteiger partial charge < -0.3 is 21.7 Å². The highest BCUT2D eigenvalue weighted by molar-refractivity contribution is 6.04. The first-order valence-electron chi connectivity index (χ1n) is 14.0. The third kappa shape index (κ3) is 5.93. The van der Waals surface area contributed by atoms with E-state index >= 15 is 0 Å². The van der Waals surface area contributed by atoms with Gasteiger partial charge in [0.2, 0.25) is 5.91 Å². The lowest BCUT2D eigenvalue weighted by Gasteiger charge is -2.15. The summed E-state index contributed by atoms with van der Waals surface area (Å²) in [6.45, 7) is 0.917. The highest BCUT2D eigenvalue weighted by Gasteiger charge is 2.33. The van der Waals surface area contributed by atoms with Gasteiger partial charge in [-0.05, 0) is 62.6 Å². The van der Waals surface area contributed by atoms with E-state index in [0.717, 1.165) is 49.1 Å². The van der Waals surface area contributed by atoms with E-state index < -0.39 is 17.6 Å². The van der Waals surface area contributed by atoms with Gasteiger partial charge in [0.05, 0.1) is 24.0 Å². The third-order valence-corrected chi connectivity index (χ3v) is 7.71. The van der Waals surface area contributed by atoms with Gasteiger partial charge >= 0.3 is 6.18 Å². The number of halogens is 3. The number of benzene rings is 1. The molecular formula is C30H29F3N8O2. The van der Waals surface area contributed by atoms with E-state index in [2.05, 4.69) is 25.9 Å². The molecule has 43 heavy (non-hydrogen) atoms. The Morgan fingerprint density at radius 1 is 1.12 bits per heavy atom. The number of nitrogen functional groups attached to an aromatic ring is 1. The van der Waals surface area contributed by atoms with Crippen molar-refractivity contribution in [2.45, 2.75) is 43.8 Å². The molecule has 2 bridgehead atoms. The van der Waals surface area contributed by atoms with Crippen molar-refractivity contribution in [1.29, 1.82) is 0 Å². The van der Waals surface area contributed by atoms with Crippen LogP contribution >= 0.6 is 0 Å². The van der Waals surface area contributed by atoms with Crippen molar-refractivity contribution < 1.29 is 22.8 Å². The third-order valence-electron chi connectivity index (χ3n) is 7.71. The van der Waals surface area contributed by atoms with Crippen LogP contribution < -0.4 is 21.7 Å². The Kier molecular flexibility index (Phi) is 7.57. The molecular weight excluding hydrogens is 561 g/mol. The van der Waals surface area contributed by atoms with Crippen LogP contribution in [0.5, 0.6) is 0 Å². The molecule has 1 fully saturated rings. The molecule has 4 aromatic rings. The highest BCUT2D eigenvalue weighted by atomic mass is 19.4. The van der Waals surface area contributed by atoms with Gasteiger partial charge in [0.15, 0.2) is 0 Å². The average Bonchev–Trinajstić information content (AvgIpc) is 3.61. The molecule has 1 aromatic carbocycles. The number of imidazole rings is 1. The number of carbonyl (C=O) groups is 2. The van der Waals surface area contributed by atoms with E-state index in [1.165, 1.54) is 0 Å². The van der Waals surface area contributed by atoms with Crippen LogP contribution in [0.1, 0.15) is 59.0 Å². The van der Waals surface area contributed by atoms with Gasteiger partial charge in [0, 0.05) is 29.3 Å². The first kappa shape index (κ1) is 28.3. The topological polar surface area (TPSA) is 139 Å². The van der Waals surface area contributed by atoms with E-state index in [4.69, 9.17) is 10.7 Å². The second-order valence-electron chi connectivity index (χ2n) is 10.7. The largest absolute Gasteiger partial charge is 0.416 e. The molecule has 0 spiro atoms. The quantitative estimate of drug-likeness (QED) is 0.277. The van der Waals surface area contributed by atoms with Gasteiger partial charge in [-0.25, -0.2) is 15.0 Å². The summed E-state index contributed by atoms with van der Waals surface area (Å²) >= 11 is 0. The zero-order chi connectivity index (χ0) is 30.1. The second-order valence-corrected chi connectivity index (χ2v) is 10.7. The molecule has 3 aromatic heterocycles. The second kappa shape index (κ2) is 11.5. The van der Waals surface area contributed by atoms with Crippen molar-refractivity contribution >= 4 is 35.0 Å². The molecule has 1 saturated carbocycles. The standard InChI is InChI=1S/C30H29F3N8O2/c31-30(32,33)20-10-12-36-23(14-20)39-29(43)18-6-4-17(5-7-18)25-26-27(34)37-15-22-3-1-2-11-35-16-24(42)38-21-9-8-19(13-21)28(40-25)41(22)26/h1,3-7,10,12,14-15,19,21,35H,2,8-9,11,13,16H2,(H2,34,37)(H,38,42)(H,36,39,43)/t19-,21-/m1/s1. The minimum atomic E-state index is -4.55. The van der Waals surface area contributed by atoms with E-state index in [0.29, 0.717) is 35.6 Å². The van der Waals surface area contributed by atoms with Gasteiger partial charge in [-0.15, -0.1) is 0 Å². The minimum Gasteiger partial charge on any atom is -0.382 e. The van der Waals surface area contributed by atoms with Gasteiger partial charge in [-0.1, -0.05) is 18.2 Å². The van der Waals surface area contributed by atoms with Crippen LogP contribution in [0.25, 0.3) is 22.9 Å². The summed E-state index contributed by atoms with van der Waals surface area (Å²) in [7, 11) is 0. The number of rotatable bonds is 3. The number of anilines is 2. The summed E-state index contributed by atoms with van der Waals surface area (Å²) in [6.07, 6.45) is 5.26. The number of alkyl halides is 3. The molecule has 0 saturated heterocycles. The molecule has 0 unspecified atom stereocenters. The monoisotopic (exact) mass is 590 g/mol. The first-order valence-corrected chi connectivity index (χ1v) is 14.0. The van der Waals surface area contributed by atoms with E-state index in [1.54, 1.807) is 30.5 Å². The number of hydrogen-bond donors (Lipinski definition) is 4. The van der Waals surface area contributed by atoms with Crippen LogP contribution in [0.3, 0.4) is 0 Å². The average molecular weight is 591 g/mol. The van der Waals surface area contributed by atoms with Crippen molar-refractivity contribution in [3.05, 3.63) is 77.5 Å². The Hall–Kier alpha value is -4.78. The summed E-state index contributed by atoms with van der Waals surface area (Å²) < 4.78 is 41.2. The minimum absolute atomic E-state index is 0.0255. The van der Waals surface area contributed by atoms with Crippen molar-refractivity contribution in [2.75, 3.05) is 24.1 Å². The van der Waals surface area contributed by atoms with E-state index in [-0.39, 0.29) is 35.8 Å². The fraction of sp³-hybridized carbons (Fsp3) is 0.300.